The third-order valence-corrected chi connectivity index (χ3v) is 10.2. The van der Waals surface area contributed by atoms with E-state index in [4.69, 9.17) is 18.6 Å². The van der Waals surface area contributed by atoms with E-state index in [0.29, 0.717) is 26.4 Å². The van der Waals surface area contributed by atoms with E-state index < -0.39 is 14.2 Å². The Balaban J connectivity index is 1.34. The minimum absolute atomic E-state index is 0.484. The number of nitrogens with zero attached hydrogens (tertiary/aromatic N) is 2. The van der Waals surface area contributed by atoms with Crippen molar-refractivity contribution in [3.63, 3.8) is 0 Å². The highest BCUT2D eigenvalue weighted by Crippen LogP contribution is 2.47. The van der Waals surface area contributed by atoms with E-state index in [1.165, 1.54) is 0 Å². The van der Waals surface area contributed by atoms with Crippen LogP contribution in [0.25, 0.3) is 32.3 Å². The van der Waals surface area contributed by atoms with Crippen molar-refractivity contribution in [3.8, 4) is 0 Å². The van der Waals surface area contributed by atoms with Gasteiger partial charge >= 0.3 is 14.2 Å². The highest BCUT2D eigenvalue weighted by atomic mass is 16.6. The van der Waals surface area contributed by atoms with E-state index in [-0.39, 0.29) is 0 Å². The van der Waals surface area contributed by atoms with Gasteiger partial charge in [-0.05, 0) is 93.1 Å². The second kappa shape index (κ2) is 13.2. The second-order valence-corrected chi connectivity index (χ2v) is 13.2. The summed E-state index contributed by atoms with van der Waals surface area (Å²) in [6.07, 6.45) is 0. The van der Waals surface area contributed by atoms with Gasteiger partial charge in [-0.1, -0.05) is 97.1 Å². The van der Waals surface area contributed by atoms with Crippen molar-refractivity contribution in [2.75, 3.05) is 36.2 Å². The van der Waals surface area contributed by atoms with Crippen molar-refractivity contribution in [2.45, 2.75) is 0 Å². The lowest BCUT2D eigenvalue weighted by Crippen LogP contribution is -2.34. The molecule has 6 nitrogen and oxygen atoms in total. The van der Waals surface area contributed by atoms with Crippen LogP contribution in [0.15, 0.2) is 158 Å². The molecule has 0 aliphatic carbocycles. The zero-order valence-corrected chi connectivity index (χ0v) is 28.5. The monoisotopic (exact) mass is 676 g/mol. The first-order valence-corrected chi connectivity index (χ1v) is 17.9. The Bertz CT molecular complexity index is 2240. The van der Waals surface area contributed by atoms with E-state index in [0.717, 1.165) is 77.4 Å². The highest BCUT2D eigenvalue weighted by Gasteiger charge is 2.34. The molecule has 2 heterocycles. The van der Waals surface area contributed by atoms with Crippen molar-refractivity contribution >= 4 is 91.6 Å². The number of para-hydroxylation sites is 4. The predicted molar refractivity (Wildman–Crippen MR) is 214 cm³/mol. The van der Waals surface area contributed by atoms with Gasteiger partial charge in [-0.15, -0.1) is 0 Å². The second-order valence-electron chi connectivity index (χ2n) is 13.2. The SMILES string of the molecule is c1ccc(N(c2ccccc2)c2cc(B3OCCO3)c3ccc4c(N(c5ccccc5)c5ccccc5)cc(B5OCCO5)c5ccc2c3c54)cc1. The molecule has 8 aromatic rings. The summed E-state index contributed by atoms with van der Waals surface area (Å²) in [5.74, 6) is 0. The van der Waals surface area contributed by atoms with Crippen LogP contribution in [0.5, 0.6) is 0 Å². The first-order valence-electron chi connectivity index (χ1n) is 17.9. The predicted octanol–water partition coefficient (Wildman–Crippen LogP) is 9.01. The van der Waals surface area contributed by atoms with Crippen LogP contribution in [0, 0.1) is 0 Å². The fourth-order valence-corrected chi connectivity index (χ4v) is 8.01. The fourth-order valence-electron chi connectivity index (χ4n) is 8.01. The molecule has 250 valence electrons. The summed E-state index contributed by atoms with van der Waals surface area (Å²) >= 11 is 0. The molecule has 0 amide bonds. The maximum absolute atomic E-state index is 6.27. The summed E-state index contributed by atoms with van der Waals surface area (Å²) in [6.45, 7) is 2.21. The largest absolute Gasteiger partial charge is 0.494 e. The topological polar surface area (TPSA) is 43.4 Å². The van der Waals surface area contributed by atoms with E-state index in [1.807, 2.05) is 0 Å². The van der Waals surface area contributed by atoms with Gasteiger partial charge in [0, 0.05) is 33.5 Å². The average Bonchev–Trinajstić information content (AvgIpc) is 3.96. The van der Waals surface area contributed by atoms with Gasteiger partial charge in [0.15, 0.2) is 0 Å². The molecule has 8 heteroatoms. The fraction of sp³-hybridized carbons (Fsp3) is 0.0909. The normalized spacial score (nSPS) is 14.6. The maximum atomic E-state index is 6.27. The molecule has 52 heavy (non-hydrogen) atoms. The smallest absolute Gasteiger partial charge is 0.405 e. The first-order chi connectivity index (χ1) is 25.8. The molecule has 10 rings (SSSR count). The van der Waals surface area contributed by atoms with Crippen LogP contribution >= 0.6 is 0 Å². The summed E-state index contributed by atoms with van der Waals surface area (Å²) < 4.78 is 25.1. The van der Waals surface area contributed by atoms with E-state index in [2.05, 4.69) is 168 Å². The van der Waals surface area contributed by atoms with Crippen LogP contribution in [-0.2, 0) is 18.6 Å². The quantitative estimate of drug-likeness (QED) is 0.118. The molecule has 0 spiro atoms. The van der Waals surface area contributed by atoms with Gasteiger partial charge < -0.3 is 28.4 Å². The molecule has 2 fully saturated rings. The zero-order valence-electron chi connectivity index (χ0n) is 28.5. The highest BCUT2D eigenvalue weighted by molar-refractivity contribution is 6.67. The molecule has 0 saturated carbocycles. The van der Waals surface area contributed by atoms with Gasteiger partial charge in [-0.2, -0.15) is 0 Å². The van der Waals surface area contributed by atoms with Gasteiger partial charge in [0.2, 0.25) is 0 Å². The van der Waals surface area contributed by atoms with Crippen LogP contribution in [0.2, 0.25) is 0 Å². The number of benzene rings is 8. The Morgan fingerprint density at radius 2 is 0.635 bits per heavy atom. The molecule has 0 bridgehead atoms. The van der Waals surface area contributed by atoms with E-state index in [1.54, 1.807) is 0 Å². The Kier molecular flexibility index (Phi) is 7.88. The van der Waals surface area contributed by atoms with Crippen molar-refractivity contribution < 1.29 is 18.6 Å². The van der Waals surface area contributed by atoms with Crippen molar-refractivity contribution in [1.82, 2.24) is 0 Å². The summed E-state index contributed by atoms with van der Waals surface area (Å²) in [5.41, 5.74) is 8.39. The minimum Gasteiger partial charge on any atom is -0.405 e. The first kappa shape index (κ1) is 31.1. The number of hydrogen-bond donors (Lipinski definition) is 0. The standard InChI is InChI=1S/C44H34B2N2O4/c1-5-13-31(14-6-1)47(32-15-7-2-8-16-32)41-29-39(45-49-25-26-50-45)35-22-24-38-42(48(33-17-9-3-10-18-33)34-19-11-4-12-20-34)30-40(46-51-27-28-52-46)36-21-23-37(41)43(35)44(36)38/h1-24,29-30H,25-28H2. The van der Waals surface area contributed by atoms with Crippen LogP contribution in [0.1, 0.15) is 0 Å². The Morgan fingerprint density at radius 3 is 0.942 bits per heavy atom. The molecule has 2 aliphatic heterocycles. The summed E-state index contributed by atoms with van der Waals surface area (Å²) in [4.78, 5) is 4.69. The lowest BCUT2D eigenvalue weighted by Gasteiger charge is -2.31. The van der Waals surface area contributed by atoms with Gasteiger partial charge in [0.1, 0.15) is 0 Å². The Hall–Kier alpha value is -5.63. The molecule has 0 N–H and O–H groups in total. The summed E-state index contributed by atoms with van der Waals surface area (Å²) in [5, 5.41) is 6.77. The zero-order chi connectivity index (χ0) is 34.4. The molecule has 0 aromatic heterocycles. The van der Waals surface area contributed by atoms with Crippen molar-refractivity contribution in [1.29, 1.82) is 0 Å². The van der Waals surface area contributed by atoms with E-state index >= 15 is 0 Å². The van der Waals surface area contributed by atoms with Crippen molar-refractivity contribution in [2.24, 2.45) is 0 Å². The molecule has 0 radical (unpaired) electrons. The molecule has 2 saturated heterocycles. The van der Waals surface area contributed by atoms with Crippen LogP contribution in [0.3, 0.4) is 0 Å². The Labute approximate surface area is 303 Å². The third kappa shape index (κ3) is 5.23. The molecule has 2 aliphatic rings. The maximum Gasteiger partial charge on any atom is 0.494 e. The van der Waals surface area contributed by atoms with Crippen LogP contribution in [-0.4, -0.2) is 40.7 Å². The third-order valence-electron chi connectivity index (χ3n) is 10.2. The number of hydrogen-bond acceptors (Lipinski definition) is 6. The summed E-state index contributed by atoms with van der Waals surface area (Å²) in [6, 6.07) is 55.8. The lowest BCUT2D eigenvalue weighted by molar-refractivity contribution is 0.365. The molecule has 8 aromatic carbocycles. The van der Waals surface area contributed by atoms with Crippen LogP contribution < -0.4 is 20.7 Å². The Morgan fingerprint density at radius 1 is 0.346 bits per heavy atom. The van der Waals surface area contributed by atoms with Crippen LogP contribution in [0.4, 0.5) is 34.1 Å². The number of anilines is 6. The minimum atomic E-state index is -0.484. The van der Waals surface area contributed by atoms with Gasteiger partial charge in [-0.25, -0.2) is 0 Å². The van der Waals surface area contributed by atoms with Crippen molar-refractivity contribution in [3.05, 3.63) is 158 Å². The van der Waals surface area contributed by atoms with Gasteiger partial charge in [-0.3, -0.25) is 0 Å². The molecule has 0 unspecified atom stereocenters. The lowest BCUT2D eigenvalue weighted by atomic mass is 9.71. The summed E-state index contributed by atoms with van der Waals surface area (Å²) in [7, 11) is -0.968. The van der Waals surface area contributed by atoms with Gasteiger partial charge in [0.05, 0.1) is 37.8 Å². The molecular formula is C44H34B2N2O4. The van der Waals surface area contributed by atoms with Gasteiger partial charge in [0.25, 0.3) is 0 Å². The average molecular weight is 676 g/mol. The number of rotatable bonds is 8. The molecule has 0 atom stereocenters. The van der Waals surface area contributed by atoms with E-state index in [9.17, 15) is 0 Å². The molecular weight excluding hydrogens is 642 g/mol.